The summed E-state index contributed by atoms with van der Waals surface area (Å²) in [5, 5.41) is 7.92. The van der Waals surface area contributed by atoms with Crippen LogP contribution in [0.5, 0.6) is 11.6 Å². The fraction of sp³-hybridized carbons (Fsp3) is 0.438. The minimum atomic E-state index is 0.622. The molecule has 2 aromatic rings. The summed E-state index contributed by atoms with van der Waals surface area (Å²) in [5.41, 5.74) is 2.11. The maximum absolute atomic E-state index is 6.03. The van der Waals surface area contributed by atoms with Gasteiger partial charge in [0.15, 0.2) is 0 Å². The van der Waals surface area contributed by atoms with Crippen molar-refractivity contribution >= 4 is 15.9 Å². The zero-order valence-corrected chi connectivity index (χ0v) is 14.6. The highest BCUT2D eigenvalue weighted by atomic mass is 79.9. The SMILES string of the molecule is Cc1nn(C)c(Oc2cccc(Br)c2)c1CNCC(C)C. The quantitative estimate of drug-likeness (QED) is 0.853. The average Bonchev–Trinajstić information content (AvgIpc) is 2.65. The second kappa shape index (κ2) is 7.09. The van der Waals surface area contributed by atoms with Gasteiger partial charge in [-0.05, 0) is 37.6 Å². The molecule has 0 bridgehead atoms. The Bertz CT molecular complexity index is 608. The third-order valence-corrected chi connectivity index (χ3v) is 3.65. The van der Waals surface area contributed by atoms with Crippen molar-refractivity contribution < 1.29 is 4.74 Å². The third-order valence-electron chi connectivity index (χ3n) is 3.15. The van der Waals surface area contributed by atoms with Gasteiger partial charge in [0, 0.05) is 18.1 Å². The molecule has 0 aliphatic heterocycles. The Morgan fingerprint density at radius 2 is 2.14 bits per heavy atom. The molecule has 0 aliphatic carbocycles. The lowest BCUT2D eigenvalue weighted by atomic mass is 10.2. The number of halogens is 1. The number of nitrogens with zero attached hydrogens (tertiary/aromatic N) is 2. The molecule has 0 saturated carbocycles. The number of aryl methyl sites for hydroxylation is 2. The first-order valence-corrected chi connectivity index (χ1v) is 7.93. The molecule has 0 spiro atoms. The van der Waals surface area contributed by atoms with Gasteiger partial charge < -0.3 is 10.1 Å². The molecule has 0 unspecified atom stereocenters. The first kappa shape index (κ1) is 16.0. The van der Waals surface area contributed by atoms with E-state index in [2.05, 4.69) is 40.2 Å². The minimum absolute atomic E-state index is 0.622. The Hall–Kier alpha value is -1.33. The van der Waals surface area contributed by atoms with E-state index in [-0.39, 0.29) is 0 Å². The lowest BCUT2D eigenvalue weighted by Gasteiger charge is -2.11. The average molecular weight is 352 g/mol. The van der Waals surface area contributed by atoms with E-state index in [1.165, 1.54) is 0 Å². The molecule has 4 nitrogen and oxygen atoms in total. The van der Waals surface area contributed by atoms with Crippen molar-refractivity contribution in [3.63, 3.8) is 0 Å². The second-order valence-corrected chi connectivity index (χ2v) is 6.49. The number of ether oxygens (including phenoxy) is 1. The molecule has 0 amide bonds. The number of benzene rings is 1. The molecule has 0 atom stereocenters. The van der Waals surface area contributed by atoms with E-state index in [0.717, 1.165) is 40.4 Å². The first-order valence-electron chi connectivity index (χ1n) is 7.14. The van der Waals surface area contributed by atoms with Gasteiger partial charge >= 0.3 is 0 Å². The van der Waals surface area contributed by atoms with Crippen molar-refractivity contribution in [1.82, 2.24) is 15.1 Å². The van der Waals surface area contributed by atoms with Gasteiger partial charge in [0.2, 0.25) is 5.88 Å². The minimum Gasteiger partial charge on any atom is -0.439 e. The Morgan fingerprint density at radius 1 is 1.38 bits per heavy atom. The van der Waals surface area contributed by atoms with Gasteiger partial charge in [0.25, 0.3) is 0 Å². The smallest absolute Gasteiger partial charge is 0.222 e. The first-order chi connectivity index (χ1) is 9.97. The van der Waals surface area contributed by atoms with Crippen LogP contribution in [-0.2, 0) is 13.6 Å². The number of rotatable bonds is 6. The van der Waals surface area contributed by atoms with Crippen molar-refractivity contribution in [3.8, 4) is 11.6 Å². The zero-order chi connectivity index (χ0) is 15.4. The third kappa shape index (κ3) is 4.32. The van der Waals surface area contributed by atoms with Crippen LogP contribution in [0.25, 0.3) is 0 Å². The Morgan fingerprint density at radius 3 is 2.81 bits per heavy atom. The standard InChI is InChI=1S/C16H22BrN3O/c1-11(2)9-18-10-15-12(3)19-20(4)16(15)21-14-7-5-6-13(17)8-14/h5-8,11,18H,9-10H2,1-4H3. The van der Waals surface area contributed by atoms with E-state index in [0.29, 0.717) is 5.92 Å². The molecule has 0 radical (unpaired) electrons. The van der Waals surface area contributed by atoms with Crippen molar-refractivity contribution in [2.75, 3.05) is 6.54 Å². The largest absolute Gasteiger partial charge is 0.439 e. The molecule has 0 aliphatic rings. The summed E-state index contributed by atoms with van der Waals surface area (Å²) in [7, 11) is 1.91. The van der Waals surface area contributed by atoms with E-state index in [1.54, 1.807) is 4.68 Å². The molecule has 5 heteroatoms. The second-order valence-electron chi connectivity index (χ2n) is 5.58. The molecule has 1 aromatic heterocycles. The van der Waals surface area contributed by atoms with Crippen LogP contribution < -0.4 is 10.1 Å². The van der Waals surface area contributed by atoms with Gasteiger partial charge in [0.1, 0.15) is 5.75 Å². The van der Waals surface area contributed by atoms with Crippen molar-refractivity contribution in [1.29, 1.82) is 0 Å². The summed E-state index contributed by atoms with van der Waals surface area (Å²) < 4.78 is 8.82. The van der Waals surface area contributed by atoms with E-state index in [9.17, 15) is 0 Å². The van der Waals surface area contributed by atoms with E-state index in [4.69, 9.17) is 4.74 Å². The molecule has 1 heterocycles. The number of aromatic nitrogens is 2. The highest BCUT2D eigenvalue weighted by Gasteiger charge is 2.15. The molecule has 2 rings (SSSR count). The van der Waals surface area contributed by atoms with Crippen LogP contribution in [0.2, 0.25) is 0 Å². The monoisotopic (exact) mass is 351 g/mol. The molecule has 0 saturated heterocycles. The maximum atomic E-state index is 6.03. The predicted octanol–water partition coefficient (Wildman–Crippen LogP) is 4.03. The predicted molar refractivity (Wildman–Crippen MR) is 88.7 cm³/mol. The maximum Gasteiger partial charge on any atom is 0.222 e. The van der Waals surface area contributed by atoms with Crippen LogP contribution in [0.1, 0.15) is 25.1 Å². The normalized spacial score (nSPS) is 11.1. The summed E-state index contributed by atoms with van der Waals surface area (Å²) in [6.45, 7) is 8.15. The van der Waals surface area contributed by atoms with Crippen LogP contribution in [0.15, 0.2) is 28.7 Å². The van der Waals surface area contributed by atoms with Gasteiger partial charge in [-0.15, -0.1) is 0 Å². The van der Waals surface area contributed by atoms with Gasteiger partial charge in [-0.25, -0.2) is 4.68 Å². The van der Waals surface area contributed by atoms with Gasteiger partial charge in [-0.1, -0.05) is 35.8 Å². The molecular formula is C16H22BrN3O. The summed E-state index contributed by atoms with van der Waals surface area (Å²) in [5.74, 6) is 2.22. The Kier molecular flexibility index (Phi) is 5.42. The Labute approximate surface area is 134 Å². The summed E-state index contributed by atoms with van der Waals surface area (Å²) in [4.78, 5) is 0. The van der Waals surface area contributed by atoms with Gasteiger partial charge in [0.05, 0.1) is 11.3 Å². The van der Waals surface area contributed by atoms with E-state index >= 15 is 0 Å². The van der Waals surface area contributed by atoms with Crippen LogP contribution in [-0.4, -0.2) is 16.3 Å². The molecule has 1 aromatic carbocycles. The summed E-state index contributed by atoms with van der Waals surface area (Å²) >= 11 is 3.46. The Balaban J connectivity index is 2.18. The van der Waals surface area contributed by atoms with Crippen LogP contribution in [0, 0.1) is 12.8 Å². The zero-order valence-electron chi connectivity index (χ0n) is 13.0. The number of nitrogens with one attached hydrogen (secondary N) is 1. The van der Waals surface area contributed by atoms with Crippen molar-refractivity contribution in [2.45, 2.75) is 27.3 Å². The van der Waals surface area contributed by atoms with E-state index < -0.39 is 0 Å². The van der Waals surface area contributed by atoms with Crippen LogP contribution in [0.4, 0.5) is 0 Å². The number of hydrogen-bond acceptors (Lipinski definition) is 3. The van der Waals surface area contributed by atoms with Crippen molar-refractivity contribution in [3.05, 3.63) is 40.0 Å². The summed E-state index contributed by atoms with van der Waals surface area (Å²) in [6, 6.07) is 7.83. The molecule has 1 N–H and O–H groups in total. The highest BCUT2D eigenvalue weighted by molar-refractivity contribution is 9.10. The molecular weight excluding hydrogens is 330 g/mol. The molecule has 0 fully saturated rings. The van der Waals surface area contributed by atoms with E-state index in [1.807, 2.05) is 38.2 Å². The van der Waals surface area contributed by atoms with Crippen LogP contribution in [0.3, 0.4) is 0 Å². The van der Waals surface area contributed by atoms with Gasteiger partial charge in [-0.2, -0.15) is 5.10 Å². The summed E-state index contributed by atoms with van der Waals surface area (Å²) in [6.07, 6.45) is 0. The topological polar surface area (TPSA) is 39.1 Å². The fourth-order valence-corrected chi connectivity index (χ4v) is 2.52. The number of hydrogen-bond donors (Lipinski definition) is 1. The van der Waals surface area contributed by atoms with Crippen LogP contribution >= 0.6 is 15.9 Å². The van der Waals surface area contributed by atoms with Crippen molar-refractivity contribution in [2.24, 2.45) is 13.0 Å². The molecule has 21 heavy (non-hydrogen) atoms. The lowest BCUT2D eigenvalue weighted by Crippen LogP contribution is -2.19. The molecule has 114 valence electrons. The fourth-order valence-electron chi connectivity index (χ4n) is 2.14. The highest BCUT2D eigenvalue weighted by Crippen LogP contribution is 2.28. The van der Waals surface area contributed by atoms with Gasteiger partial charge in [-0.3, -0.25) is 0 Å². The lowest BCUT2D eigenvalue weighted by molar-refractivity contribution is 0.422.